The molecule has 0 saturated carbocycles. The first-order valence-corrected chi connectivity index (χ1v) is 18.0. The minimum atomic E-state index is 0.0273. The highest BCUT2D eigenvalue weighted by atomic mass is 16.5. The van der Waals surface area contributed by atoms with E-state index in [2.05, 4.69) is 13.8 Å². The van der Waals surface area contributed by atoms with Gasteiger partial charge in [-0.25, -0.2) is 0 Å². The van der Waals surface area contributed by atoms with Crippen LogP contribution < -0.4 is 0 Å². The maximum atomic E-state index is 11.9. The zero-order valence-corrected chi connectivity index (χ0v) is 26.7. The summed E-state index contributed by atoms with van der Waals surface area (Å²) in [6.45, 7) is 5.21. The summed E-state index contributed by atoms with van der Waals surface area (Å²) >= 11 is 0. The Morgan fingerprint density at radius 3 is 0.868 bits per heavy atom. The highest BCUT2D eigenvalue weighted by Crippen LogP contribution is 2.15. The van der Waals surface area contributed by atoms with Gasteiger partial charge >= 0.3 is 5.97 Å². The molecule has 2 nitrogen and oxygen atoms in total. The van der Waals surface area contributed by atoms with E-state index in [1.165, 1.54) is 186 Å². The van der Waals surface area contributed by atoms with Crippen LogP contribution >= 0.6 is 0 Å². The van der Waals surface area contributed by atoms with E-state index in [1.54, 1.807) is 0 Å². The van der Waals surface area contributed by atoms with E-state index >= 15 is 0 Å². The lowest BCUT2D eigenvalue weighted by molar-refractivity contribution is -0.143. The van der Waals surface area contributed by atoms with Crippen molar-refractivity contribution in [2.45, 2.75) is 219 Å². The first-order valence-electron chi connectivity index (χ1n) is 18.0. The third-order valence-corrected chi connectivity index (χ3v) is 8.25. The molecule has 228 valence electrons. The zero-order valence-electron chi connectivity index (χ0n) is 26.7. The van der Waals surface area contributed by atoms with Crippen LogP contribution in [0.25, 0.3) is 0 Å². The number of hydrogen-bond acceptors (Lipinski definition) is 2. The van der Waals surface area contributed by atoms with Crippen LogP contribution in [0.5, 0.6) is 0 Å². The summed E-state index contributed by atoms with van der Waals surface area (Å²) in [6, 6.07) is 0. The van der Waals surface area contributed by atoms with E-state index in [4.69, 9.17) is 4.74 Å². The molecule has 0 bridgehead atoms. The molecule has 2 heteroatoms. The Hall–Kier alpha value is -0.530. The van der Waals surface area contributed by atoms with Crippen LogP contribution in [-0.4, -0.2) is 12.6 Å². The van der Waals surface area contributed by atoms with Gasteiger partial charge in [-0.2, -0.15) is 0 Å². The molecule has 0 spiro atoms. The van der Waals surface area contributed by atoms with Crippen LogP contribution in [0, 0.1) is 0 Å². The molecule has 0 radical (unpaired) electrons. The van der Waals surface area contributed by atoms with Crippen molar-refractivity contribution in [2.24, 2.45) is 0 Å². The summed E-state index contributed by atoms with van der Waals surface area (Å²) in [6.07, 6.45) is 43.1. The van der Waals surface area contributed by atoms with Crippen molar-refractivity contribution in [2.75, 3.05) is 6.61 Å². The van der Waals surface area contributed by atoms with Gasteiger partial charge in [-0.3, -0.25) is 4.79 Å². The van der Waals surface area contributed by atoms with Crippen LogP contribution in [0.4, 0.5) is 0 Å². The average Bonchev–Trinajstić information content (AvgIpc) is 2.92. The fourth-order valence-corrected chi connectivity index (χ4v) is 5.55. The van der Waals surface area contributed by atoms with Crippen LogP contribution in [0.3, 0.4) is 0 Å². The molecule has 0 fully saturated rings. The van der Waals surface area contributed by atoms with Gasteiger partial charge in [0.15, 0.2) is 0 Å². The highest BCUT2D eigenvalue weighted by Gasteiger charge is 2.03. The molecular formula is C36H72O2. The average molecular weight is 537 g/mol. The Balaban J connectivity index is 3.13. The third kappa shape index (κ3) is 33.5. The maximum absolute atomic E-state index is 11.9. The van der Waals surface area contributed by atoms with E-state index in [9.17, 15) is 4.79 Å². The zero-order chi connectivity index (χ0) is 27.6. The second-order valence-electron chi connectivity index (χ2n) is 12.2. The van der Waals surface area contributed by atoms with Crippen LogP contribution in [-0.2, 0) is 9.53 Å². The van der Waals surface area contributed by atoms with Gasteiger partial charge in [0.2, 0.25) is 0 Å². The summed E-state index contributed by atoms with van der Waals surface area (Å²) in [5, 5.41) is 0. The molecule has 0 aliphatic heterocycles. The van der Waals surface area contributed by atoms with E-state index < -0.39 is 0 Å². The molecular weight excluding hydrogens is 464 g/mol. The van der Waals surface area contributed by atoms with Crippen molar-refractivity contribution >= 4 is 5.97 Å². The predicted molar refractivity (Wildman–Crippen MR) is 170 cm³/mol. The first kappa shape index (κ1) is 37.5. The molecule has 0 aromatic heterocycles. The van der Waals surface area contributed by atoms with Crippen molar-refractivity contribution in [1.82, 2.24) is 0 Å². The van der Waals surface area contributed by atoms with Crippen LogP contribution in [0.1, 0.15) is 219 Å². The second-order valence-corrected chi connectivity index (χ2v) is 12.2. The van der Waals surface area contributed by atoms with E-state index in [-0.39, 0.29) is 5.97 Å². The molecule has 0 aliphatic carbocycles. The molecule has 0 atom stereocenters. The number of carbonyl (C=O) groups is 1. The van der Waals surface area contributed by atoms with Gasteiger partial charge < -0.3 is 4.74 Å². The Kier molecular flexibility index (Phi) is 34.0. The topological polar surface area (TPSA) is 26.3 Å². The Morgan fingerprint density at radius 2 is 0.579 bits per heavy atom. The number of carbonyl (C=O) groups excluding carboxylic acids is 1. The normalized spacial score (nSPS) is 11.3. The molecule has 0 heterocycles. The Bertz CT molecular complexity index is 433. The number of hydrogen-bond donors (Lipinski definition) is 0. The summed E-state index contributed by atoms with van der Waals surface area (Å²) in [5.41, 5.74) is 0. The molecule has 0 amide bonds. The number of unbranched alkanes of at least 4 members (excludes halogenated alkanes) is 29. The smallest absolute Gasteiger partial charge is 0.305 e. The predicted octanol–water partition coefficient (Wildman–Crippen LogP) is 13.1. The van der Waals surface area contributed by atoms with Gasteiger partial charge in [0.1, 0.15) is 0 Å². The minimum absolute atomic E-state index is 0.0273. The molecule has 38 heavy (non-hydrogen) atoms. The van der Waals surface area contributed by atoms with E-state index in [1.807, 2.05) is 0 Å². The fraction of sp³-hybridized carbons (Fsp3) is 0.972. The lowest BCUT2D eigenvalue weighted by Gasteiger charge is -2.06. The first-order chi connectivity index (χ1) is 18.8. The summed E-state index contributed by atoms with van der Waals surface area (Å²) in [4.78, 5) is 11.9. The van der Waals surface area contributed by atoms with Gasteiger partial charge in [-0.15, -0.1) is 0 Å². The fourth-order valence-electron chi connectivity index (χ4n) is 5.55. The van der Waals surface area contributed by atoms with Gasteiger partial charge in [-0.1, -0.05) is 200 Å². The molecule has 0 rings (SSSR count). The highest BCUT2D eigenvalue weighted by molar-refractivity contribution is 5.69. The maximum Gasteiger partial charge on any atom is 0.305 e. The SMILES string of the molecule is CCCCCCCCCCCCCCCCCCCCCOC(=O)CCCCCCCCCCCCCC. The number of rotatable bonds is 33. The lowest BCUT2D eigenvalue weighted by atomic mass is 10.0. The molecule has 0 unspecified atom stereocenters. The van der Waals surface area contributed by atoms with Crippen LogP contribution in [0.2, 0.25) is 0 Å². The molecule has 0 aliphatic rings. The quantitative estimate of drug-likeness (QED) is 0.0615. The molecule has 0 N–H and O–H groups in total. The van der Waals surface area contributed by atoms with Crippen LogP contribution in [0.15, 0.2) is 0 Å². The Labute approximate surface area is 241 Å². The summed E-state index contributed by atoms with van der Waals surface area (Å²) in [7, 11) is 0. The minimum Gasteiger partial charge on any atom is -0.466 e. The standard InChI is InChI=1S/C36H72O2/c1-3-5-7-9-11-13-15-17-18-19-20-21-22-23-25-27-29-31-33-35-38-36(37)34-32-30-28-26-24-16-14-12-10-8-6-4-2/h3-35H2,1-2H3. The number of ether oxygens (including phenoxy) is 1. The Morgan fingerprint density at radius 1 is 0.342 bits per heavy atom. The monoisotopic (exact) mass is 537 g/mol. The van der Waals surface area contributed by atoms with Crippen molar-refractivity contribution in [3.05, 3.63) is 0 Å². The van der Waals surface area contributed by atoms with Gasteiger partial charge in [0.25, 0.3) is 0 Å². The largest absolute Gasteiger partial charge is 0.466 e. The van der Waals surface area contributed by atoms with Crippen molar-refractivity contribution in [1.29, 1.82) is 0 Å². The second kappa shape index (κ2) is 34.5. The van der Waals surface area contributed by atoms with Crippen molar-refractivity contribution in [3.8, 4) is 0 Å². The van der Waals surface area contributed by atoms with Crippen molar-refractivity contribution in [3.63, 3.8) is 0 Å². The number of esters is 1. The molecule has 0 aromatic rings. The van der Waals surface area contributed by atoms with Gasteiger partial charge in [0, 0.05) is 6.42 Å². The molecule has 0 saturated heterocycles. The summed E-state index contributed by atoms with van der Waals surface area (Å²) < 4.78 is 5.44. The van der Waals surface area contributed by atoms with Gasteiger partial charge in [-0.05, 0) is 12.8 Å². The van der Waals surface area contributed by atoms with E-state index in [0.29, 0.717) is 13.0 Å². The lowest BCUT2D eigenvalue weighted by Crippen LogP contribution is -2.05. The van der Waals surface area contributed by atoms with Gasteiger partial charge in [0.05, 0.1) is 6.61 Å². The van der Waals surface area contributed by atoms with E-state index in [0.717, 1.165) is 12.8 Å². The third-order valence-electron chi connectivity index (χ3n) is 8.25. The molecule has 0 aromatic carbocycles. The van der Waals surface area contributed by atoms with Crippen molar-refractivity contribution < 1.29 is 9.53 Å². The summed E-state index contributed by atoms with van der Waals surface area (Å²) in [5.74, 6) is 0.0273.